The van der Waals surface area contributed by atoms with E-state index in [9.17, 15) is 14.0 Å². The molecule has 2 amide bonds. The summed E-state index contributed by atoms with van der Waals surface area (Å²) in [6.07, 6.45) is 0.278. The molecule has 0 radical (unpaired) electrons. The van der Waals surface area contributed by atoms with E-state index in [1.165, 1.54) is 12.1 Å². The van der Waals surface area contributed by atoms with Crippen LogP contribution in [-0.4, -0.2) is 30.7 Å². The number of hydrogen-bond donors (Lipinski definition) is 2. The van der Waals surface area contributed by atoms with Gasteiger partial charge in [0.05, 0.1) is 0 Å². The fourth-order valence-corrected chi connectivity index (χ4v) is 1.68. The van der Waals surface area contributed by atoms with Crippen LogP contribution in [0, 0.1) is 5.82 Å². The molecule has 0 aliphatic heterocycles. The smallest absolute Gasteiger partial charge is 0.407 e. The lowest BCUT2D eigenvalue weighted by atomic mass is 10.1. The molecule has 1 aromatic carbocycles. The van der Waals surface area contributed by atoms with Crippen molar-refractivity contribution in [2.24, 2.45) is 0 Å². The lowest BCUT2D eigenvalue weighted by Crippen LogP contribution is -2.35. The summed E-state index contributed by atoms with van der Waals surface area (Å²) in [5, 5.41) is 5.26. The van der Waals surface area contributed by atoms with E-state index in [-0.39, 0.29) is 24.7 Å². The molecule has 122 valence electrons. The zero-order valence-corrected chi connectivity index (χ0v) is 13.2. The van der Waals surface area contributed by atoms with Gasteiger partial charge < -0.3 is 15.4 Å². The van der Waals surface area contributed by atoms with E-state index in [1.807, 2.05) is 0 Å². The first-order chi connectivity index (χ1) is 10.3. The Labute approximate surface area is 130 Å². The van der Waals surface area contributed by atoms with Crippen molar-refractivity contribution in [3.05, 3.63) is 35.6 Å². The molecule has 0 spiro atoms. The fourth-order valence-electron chi connectivity index (χ4n) is 1.68. The number of nitrogens with one attached hydrogen (secondary N) is 2. The fraction of sp³-hybridized carbons (Fsp3) is 0.500. The van der Waals surface area contributed by atoms with E-state index < -0.39 is 11.7 Å². The van der Waals surface area contributed by atoms with Crippen LogP contribution in [-0.2, 0) is 16.0 Å². The molecule has 0 atom stereocenters. The summed E-state index contributed by atoms with van der Waals surface area (Å²) in [4.78, 5) is 23.0. The molecule has 0 saturated carbocycles. The zero-order chi connectivity index (χ0) is 16.6. The van der Waals surface area contributed by atoms with Gasteiger partial charge in [0, 0.05) is 19.5 Å². The van der Waals surface area contributed by atoms with Crippen molar-refractivity contribution < 1.29 is 18.7 Å². The monoisotopic (exact) mass is 310 g/mol. The topological polar surface area (TPSA) is 67.4 Å². The number of ether oxygens (including phenoxy) is 1. The van der Waals surface area contributed by atoms with Crippen LogP contribution in [0.1, 0.15) is 32.8 Å². The van der Waals surface area contributed by atoms with E-state index >= 15 is 0 Å². The summed E-state index contributed by atoms with van der Waals surface area (Å²) < 4.78 is 17.8. The Morgan fingerprint density at radius 3 is 2.32 bits per heavy atom. The van der Waals surface area contributed by atoms with Crippen molar-refractivity contribution in [3.63, 3.8) is 0 Å². The maximum Gasteiger partial charge on any atom is 0.407 e. The van der Waals surface area contributed by atoms with Crippen molar-refractivity contribution in [2.75, 3.05) is 13.1 Å². The minimum Gasteiger partial charge on any atom is -0.444 e. The molecular formula is C16H23FN2O3. The first kappa shape index (κ1) is 17.9. The summed E-state index contributed by atoms with van der Waals surface area (Å²) >= 11 is 0. The number of halogens is 1. The summed E-state index contributed by atoms with van der Waals surface area (Å²) in [7, 11) is 0. The maximum absolute atomic E-state index is 12.7. The van der Waals surface area contributed by atoms with Gasteiger partial charge in [-0.3, -0.25) is 4.79 Å². The van der Waals surface area contributed by atoms with Crippen LogP contribution < -0.4 is 10.6 Å². The minimum atomic E-state index is -0.554. The number of alkyl carbamates (subject to hydrolysis) is 1. The van der Waals surface area contributed by atoms with Crippen molar-refractivity contribution in [1.29, 1.82) is 0 Å². The molecule has 0 aliphatic carbocycles. The number of rotatable bonds is 6. The maximum atomic E-state index is 12.7. The van der Waals surface area contributed by atoms with E-state index in [0.717, 1.165) is 5.56 Å². The Kier molecular flexibility index (Phi) is 6.82. The van der Waals surface area contributed by atoms with E-state index in [1.54, 1.807) is 32.9 Å². The third kappa shape index (κ3) is 8.24. The van der Waals surface area contributed by atoms with E-state index in [0.29, 0.717) is 13.0 Å². The standard InChI is InChI=1S/C16H23FN2O3/c1-16(2,3)22-15(21)19-11-9-14(20)18-10-8-12-4-6-13(17)7-5-12/h4-7H,8-11H2,1-3H3,(H,18,20)(H,19,21). The van der Waals surface area contributed by atoms with Crippen LogP contribution in [0.2, 0.25) is 0 Å². The van der Waals surface area contributed by atoms with Gasteiger partial charge in [-0.2, -0.15) is 0 Å². The SMILES string of the molecule is CC(C)(C)OC(=O)NCCC(=O)NCCc1ccc(F)cc1. The van der Waals surface area contributed by atoms with Crippen molar-refractivity contribution in [1.82, 2.24) is 10.6 Å². The molecule has 22 heavy (non-hydrogen) atoms. The second-order valence-electron chi connectivity index (χ2n) is 5.91. The Hall–Kier alpha value is -2.11. The molecule has 0 saturated heterocycles. The van der Waals surface area contributed by atoms with Gasteiger partial charge in [-0.25, -0.2) is 9.18 Å². The van der Waals surface area contributed by atoms with Crippen molar-refractivity contribution in [3.8, 4) is 0 Å². The Bertz CT molecular complexity index is 495. The van der Waals surface area contributed by atoms with Gasteiger partial charge in [0.2, 0.25) is 5.91 Å². The number of amides is 2. The molecule has 0 fully saturated rings. The second kappa shape index (κ2) is 8.36. The molecule has 0 aromatic heterocycles. The van der Waals surface area contributed by atoms with Gasteiger partial charge in [0.1, 0.15) is 11.4 Å². The average Bonchev–Trinajstić information content (AvgIpc) is 2.39. The van der Waals surface area contributed by atoms with Gasteiger partial charge in [-0.15, -0.1) is 0 Å². The molecule has 1 rings (SSSR count). The first-order valence-electron chi connectivity index (χ1n) is 7.24. The van der Waals surface area contributed by atoms with Crippen molar-refractivity contribution in [2.45, 2.75) is 39.2 Å². The quantitative estimate of drug-likeness (QED) is 0.848. The Balaban J connectivity index is 2.13. The number of benzene rings is 1. The van der Waals surface area contributed by atoms with Gasteiger partial charge in [0.25, 0.3) is 0 Å². The Morgan fingerprint density at radius 1 is 1.09 bits per heavy atom. The summed E-state index contributed by atoms with van der Waals surface area (Å²) in [6, 6.07) is 6.15. The van der Waals surface area contributed by atoms with Crippen LogP contribution in [0.5, 0.6) is 0 Å². The molecular weight excluding hydrogens is 287 g/mol. The van der Waals surface area contributed by atoms with Crippen LogP contribution in [0.25, 0.3) is 0 Å². The predicted octanol–water partition coefficient (Wildman–Crippen LogP) is 2.40. The summed E-state index contributed by atoms with van der Waals surface area (Å²) in [5.74, 6) is -0.431. The zero-order valence-electron chi connectivity index (χ0n) is 13.2. The molecule has 6 heteroatoms. The molecule has 2 N–H and O–H groups in total. The van der Waals surface area contributed by atoms with Crippen LogP contribution in [0.4, 0.5) is 9.18 Å². The minimum absolute atomic E-state index is 0.154. The molecule has 0 aliphatic rings. The normalized spacial score (nSPS) is 10.9. The largest absolute Gasteiger partial charge is 0.444 e. The Morgan fingerprint density at radius 2 is 1.73 bits per heavy atom. The van der Waals surface area contributed by atoms with Gasteiger partial charge in [-0.05, 0) is 44.9 Å². The molecule has 5 nitrogen and oxygen atoms in total. The highest BCUT2D eigenvalue weighted by molar-refractivity contribution is 5.77. The van der Waals surface area contributed by atoms with E-state index in [4.69, 9.17) is 4.74 Å². The first-order valence-corrected chi connectivity index (χ1v) is 7.24. The van der Waals surface area contributed by atoms with Crippen LogP contribution in [0.3, 0.4) is 0 Å². The number of carbonyl (C=O) groups is 2. The lowest BCUT2D eigenvalue weighted by Gasteiger charge is -2.19. The third-order valence-corrected chi connectivity index (χ3v) is 2.67. The molecule has 0 bridgehead atoms. The lowest BCUT2D eigenvalue weighted by molar-refractivity contribution is -0.120. The van der Waals surface area contributed by atoms with Gasteiger partial charge in [0.15, 0.2) is 0 Å². The second-order valence-corrected chi connectivity index (χ2v) is 5.91. The molecule has 0 unspecified atom stereocenters. The van der Waals surface area contributed by atoms with Gasteiger partial charge >= 0.3 is 6.09 Å². The molecule has 0 heterocycles. The number of carbonyl (C=O) groups excluding carboxylic acids is 2. The highest BCUT2D eigenvalue weighted by atomic mass is 19.1. The van der Waals surface area contributed by atoms with Gasteiger partial charge in [-0.1, -0.05) is 12.1 Å². The summed E-state index contributed by atoms with van der Waals surface area (Å²) in [6.45, 7) is 6.01. The predicted molar refractivity (Wildman–Crippen MR) is 82.0 cm³/mol. The highest BCUT2D eigenvalue weighted by Gasteiger charge is 2.15. The summed E-state index contributed by atoms with van der Waals surface area (Å²) in [5.41, 5.74) is 0.398. The van der Waals surface area contributed by atoms with Crippen molar-refractivity contribution >= 4 is 12.0 Å². The number of hydrogen-bond acceptors (Lipinski definition) is 3. The third-order valence-electron chi connectivity index (χ3n) is 2.67. The van der Waals surface area contributed by atoms with Crippen LogP contribution in [0.15, 0.2) is 24.3 Å². The van der Waals surface area contributed by atoms with E-state index in [2.05, 4.69) is 10.6 Å². The average molecular weight is 310 g/mol. The van der Waals surface area contributed by atoms with Crippen LogP contribution >= 0.6 is 0 Å². The highest BCUT2D eigenvalue weighted by Crippen LogP contribution is 2.06. The molecule has 1 aromatic rings.